The molecule has 1 aliphatic heterocycles. The summed E-state index contributed by atoms with van der Waals surface area (Å²) in [6.45, 7) is 12.3. The fraction of sp³-hybridized carbons (Fsp3) is 0.559. The lowest BCUT2D eigenvalue weighted by molar-refractivity contribution is -0.152. The maximum absolute atomic E-state index is 14.9. The van der Waals surface area contributed by atoms with Crippen molar-refractivity contribution in [2.45, 2.75) is 83.1 Å². The summed E-state index contributed by atoms with van der Waals surface area (Å²) in [5.41, 5.74) is -0.930. The van der Waals surface area contributed by atoms with Crippen LogP contribution in [-0.4, -0.2) is 70.8 Å². The Labute approximate surface area is 267 Å². The number of ether oxygens (including phenoxy) is 3. The number of hydrogen-bond donors (Lipinski definition) is 1. The van der Waals surface area contributed by atoms with Crippen molar-refractivity contribution in [2.24, 2.45) is 23.2 Å². The SMILES string of the molecule is C=CCC[C@@H]1[C@H]2C[C@H]2C[C@H]1OC(=O)N[C@H](C(=O)N1C[C@H](Oc2nc3ccccc3nc2C(F)(F)C=C)C[C@H]1C(=O)OC)C(C)(C)C. The highest BCUT2D eigenvalue weighted by atomic mass is 19.3. The van der Waals surface area contributed by atoms with Gasteiger partial charge in [0.15, 0.2) is 5.69 Å². The zero-order chi connectivity index (χ0) is 33.4. The fourth-order valence-electron chi connectivity index (χ4n) is 6.79. The van der Waals surface area contributed by atoms with Gasteiger partial charge < -0.3 is 24.4 Å². The van der Waals surface area contributed by atoms with Crippen LogP contribution in [0.4, 0.5) is 13.6 Å². The van der Waals surface area contributed by atoms with E-state index in [-0.39, 0.29) is 30.5 Å². The number of fused-ring (bicyclic) bond motifs is 2. The topological polar surface area (TPSA) is 120 Å². The van der Waals surface area contributed by atoms with Crippen molar-refractivity contribution in [1.82, 2.24) is 20.2 Å². The summed E-state index contributed by atoms with van der Waals surface area (Å²) in [6, 6.07) is 4.35. The van der Waals surface area contributed by atoms with Gasteiger partial charge in [-0.05, 0) is 67.1 Å². The summed E-state index contributed by atoms with van der Waals surface area (Å²) in [6.07, 6.45) is 4.09. The maximum Gasteiger partial charge on any atom is 0.408 e. The number of allylic oxidation sites excluding steroid dienone is 2. The molecule has 7 atom stereocenters. The van der Waals surface area contributed by atoms with Gasteiger partial charge >= 0.3 is 18.0 Å². The molecule has 0 spiro atoms. The molecule has 46 heavy (non-hydrogen) atoms. The van der Waals surface area contributed by atoms with Gasteiger partial charge in [0.25, 0.3) is 0 Å². The molecule has 2 aliphatic carbocycles. The molecule has 2 aromatic rings. The third kappa shape index (κ3) is 6.85. The van der Waals surface area contributed by atoms with Gasteiger partial charge in [-0.3, -0.25) is 4.79 Å². The molecule has 2 saturated carbocycles. The number of alkyl halides is 2. The van der Waals surface area contributed by atoms with E-state index >= 15 is 0 Å². The number of nitrogens with zero attached hydrogens (tertiary/aromatic N) is 3. The molecule has 3 aliphatic rings. The van der Waals surface area contributed by atoms with Crippen LogP contribution in [-0.2, 0) is 25.0 Å². The Balaban J connectivity index is 1.35. The molecule has 0 bridgehead atoms. The summed E-state index contributed by atoms with van der Waals surface area (Å²) in [4.78, 5) is 49.9. The summed E-state index contributed by atoms with van der Waals surface area (Å²) < 4.78 is 46.7. The van der Waals surface area contributed by atoms with Crippen molar-refractivity contribution in [1.29, 1.82) is 0 Å². The predicted molar refractivity (Wildman–Crippen MR) is 166 cm³/mol. The number of carbonyl (C=O) groups excluding carboxylic acids is 3. The van der Waals surface area contributed by atoms with Gasteiger partial charge in [-0.25, -0.2) is 19.6 Å². The molecule has 10 nitrogen and oxygen atoms in total. The van der Waals surface area contributed by atoms with Crippen LogP contribution in [0.3, 0.4) is 0 Å². The number of alkyl carbamates (subject to hydrolysis) is 1. The van der Waals surface area contributed by atoms with E-state index < -0.39 is 59.1 Å². The van der Waals surface area contributed by atoms with Gasteiger partial charge in [0.2, 0.25) is 11.8 Å². The van der Waals surface area contributed by atoms with Gasteiger partial charge in [-0.15, -0.1) is 6.58 Å². The van der Waals surface area contributed by atoms with Crippen molar-refractivity contribution in [3.8, 4) is 5.88 Å². The lowest BCUT2D eigenvalue weighted by atomic mass is 9.85. The molecular weight excluding hydrogens is 598 g/mol. The largest absolute Gasteiger partial charge is 0.471 e. The number of aromatic nitrogens is 2. The van der Waals surface area contributed by atoms with Gasteiger partial charge in [-0.1, -0.05) is 45.6 Å². The van der Waals surface area contributed by atoms with E-state index in [1.165, 1.54) is 12.0 Å². The van der Waals surface area contributed by atoms with Gasteiger partial charge in [-0.2, -0.15) is 8.78 Å². The quantitative estimate of drug-likeness (QED) is 0.251. The first-order valence-electron chi connectivity index (χ1n) is 15.7. The number of nitrogens with one attached hydrogen (secondary N) is 1. The Morgan fingerprint density at radius 2 is 1.80 bits per heavy atom. The Morgan fingerprint density at radius 1 is 1.11 bits per heavy atom. The molecule has 5 rings (SSSR count). The first-order chi connectivity index (χ1) is 21.8. The standard InChI is InChI=1S/C34H42F2N4O6/c1-7-9-12-21-22-15-19(22)16-26(21)46-32(43)39-28(33(3,4)5)30(41)40-18-20(17-25(40)31(42)44-6)45-29-27(34(35,36)8-2)37-23-13-10-11-14-24(23)38-29/h7-8,10-11,13-14,19-22,25-26,28H,1-2,9,12,15-18H2,3-6H3,(H,39,43)/t19-,20+,21+,22-,25-,26+,28+/m0/s1. The van der Waals surface area contributed by atoms with Gasteiger partial charge in [0.1, 0.15) is 24.3 Å². The molecular formula is C34H42F2N4O6. The summed E-state index contributed by atoms with van der Waals surface area (Å²) in [5.74, 6) is -3.87. The van der Waals surface area contributed by atoms with Crippen molar-refractivity contribution >= 4 is 29.0 Å². The van der Waals surface area contributed by atoms with Crippen molar-refractivity contribution in [2.75, 3.05) is 13.7 Å². The Bertz CT molecular complexity index is 1510. The number of carbonyl (C=O) groups is 3. The predicted octanol–water partition coefficient (Wildman–Crippen LogP) is 5.56. The maximum atomic E-state index is 14.9. The number of amides is 2. The number of benzene rings is 1. The average molecular weight is 641 g/mol. The van der Waals surface area contributed by atoms with E-state index in [1.54, 1.807) is 45.0 Å². The molecule has 0 radical (unpaired) electrons. The molecule has 1 N–H and O–H groups in total. The summed E-state index contributed by atoms with van der Waals surface area (Å²) >= 11 is 0. The van der Waals surface area contributed by atoms with Crippen LogP contribution in [0.1, 0.15) is 58.6 Å². The number of hydrogen-bond acceptors (Lipinski definition) is 8. The number of likely N-dealkylation sites (tertiary alicyclic amines) is 1. The van der Waals surface area contributed by atoms with Crippen LogP contribution in [0.15, 0.2) is 49.6 Å². The van der Waals surface area contributed by atoms with Gasteiger partial charge in [0, 0.05) is 6.42 Å². The van der Waals surface area contributed by atoms with Crippen LogP contribution in [0.25, 0.3) is 11.0 Å². The van der Waals surface area contributed by atoms with Crippen molar-refractivity contribution < 1.29 is 37.4 Å². The first-order valence-corrected chi connectivity index (χ1v) is 15.7. The lowest BCUT2D eigenvalue weighted by Gasteiger charge is -2.35. The minimum Gasteiger partial charge on any atom is -0.471 e. The zero-order valence-corrected chi connectivity index (χ0v) is 26.7. The molecule has 2 heterocycles. The molecule has 1 aromatic heterocycles. The fourth-order valence-corrected chi connectivity index (χ4v) is 6.79. The van der Waals surface area contributed by atoms with Crippen molar-refractivity contribution in [3.05, 3.63) is 55.3 Å². The molecule has 2 amide bonds. The molecule has 0 unspecified atom stereocenters. The van der Waals surface area contributed by atoms with Crippen LogP contribution in [0.5, 0.6) is 5.88 Å². The molecule has 1 aromatic carbocycles. The zero-order valence-electron chi connectivity index (χ0n) is 26.7. The van der Waals surface area contributed by atoms with E-state index in [0.717, 1.165) is 25.7 Å². The average Bonchev–Trinajstić information content (AvgIpc) is 3.51. The summed E-state index contributed by atoms with van der Waals surface area (Å²) in [5, 5.41) is 2.77. The van der Waals surface area contributed by atoms with Crippen LogP contribution in [0.2, 0.25) is 0 Å². The van der Waals surface area contributed by atoms with E-state index in [1.807, 2.05) is 6.08 Å². The molecule has 3 fully saturated rings. The van der Waals surface area contributed by atoms with E-state index in [2.05, 4.69) is 28.4 Å². The van der Waals surface area contributed by atoms with Gasteiger partial charge in [0.05, 0.1) is 24.7 Å². The first kappa shape index (κ1) is 33.3. The number of methoxy groups -OCH3 is 1. The highest BCUT2D eigenvalue weighted by molar-refractivity contribution is 5.91. The summed E-state index contributed by atoms with van der Waals surface area (Å²) in [7, 11) is 1.20. The minimum absolute atomic E-state index is 0.0524. The Morgan fingerprint density at radius 3 is 2.43 bits per heavy atom. The second kappa shape index (κ2) is 13.0. The Hall–Kier alpha value is -4.09. The minimum atomic E-state index is -3.56. The number of para-hydroxylation sites is 2. The van der Waals surface area contributed by atoms with E-state index in [4.69, 9.17) is 14.2 Å². The second-order valence-electron chi connectivity index (χ2n) is 13.5. The smallest absolute Gasteiger partial charge is 0.408 e. The second-order valence-corrected chi connectivity index (χ2v) is 13.5. The molecule has 12 heteroatoms. The normalized spacial score (nSPS) is 26.2. The lowest BCUT2D eigenvalue weighted by Crippen LogP contribution is -2.57. The monoisotopic (exact) mass is 640 g/mol. The number of halogens is 2. The van der Waals surface area contributed by atoms with E-state index in [9.17, 15) is 23.2 Å². The molecule has 1 saturated heterocycles. The highest BCUT2D eigenvalue weighted by Crippen LogP contribution is 2.57. The third-order valence-electron chi connectivity index (χ3n) is 9.29. The Kier molecular flexibility index (Phi) is 9.38. The number of esters is 1. The van der Waals surface area contributed by atoms with Crippen LogP contribution >= 0.6 is 0 Å². The van der Waals surface area contributed by atoms with E-state index in [0.29, 0.717) is 23.4 Å². The highest BCUT2D eigenvalue weighted by Gasteiger charge is 2.54. The number of rotatable bonds is 11. The van der Waals surface area contributed by atoms with Crippen LogP contribution < -0.4 is 10.1 Å². The molecule has 248 valence electrons. The third-order valence-corrected chi connectivity index (χ3v) is 9.29. The van der Waals surface area contributed by atoms with Crippen molar-refractivity contribution in [3.63, 3.8) is 0 Å². The van der Waals surface area contributed by atoms with Crippen LogP contribution in [0, 0.1) is 23.2 Å².